The van der Waals surface area contributed by atoms with Crippen LogP contribution in [0.2, 0.25) is 5.02 Å². The van der Waals surface area contributed by atoms with Gasteiger partial charge in [0.05, 0.1) is 7.11 Å². The number of amides is 1. The minimum absolute atomic E-state index is 0.235. The van der Waals surface area contributed by atoms with Gasteiger partial charge in [-0.05, 0) is 41.0 Å². The second kappa shape index (κ2) is 13.9. The highest BCUT2D eigenvalue weighted by molar-refractivity contribution is 6.30. The molecule has 0 aliphatic carbocycles. The summed E-state index contributed by atoms with van der Waals surface area (Å²) in [6.45, 7) is 6.96. The zero-order valence-electron chi connectivity index (χ0n) is 21.2. The number of carbonyl (C=O) groups excluding carboxylic acids is 1. The Morgan fingerprint density at radius 2 is 1.57 bits per heavy atom. The smallest absolute Gasteiger partial charge is 0.407 e. The molecule has 37 heavy (non-hydrogen) atoms. The first-order valence-corrected chi connectivity index (χ1v) is 12.9. The van der Waals surface area contributed by atoms with E-state index in [2.05, 4.69) is 27.2 Å². The van der Waals surface area contributed by atoms with E-state index in [-0.39, 0.29) is 6.61 Å². The summed E-state index contributed by atoms with van der Waals surface area (Å²) >= 11 is 5.99. The van der Waals surface area contributed by atoms with Gasteiger partial charge in [0.1, 0.15) is 13.2 Å². The molecule has 0 radical (unpaired) electrons. The van der Waals surface area contributed by atoms with Gasteiger partial charge in [0.15, 0.2) is 11.5 Å². The van der Waals surface area contributed by atoms with E-state index in [1.54, 1.807) is 7.11 Å². The van der Waals surface area contributed by atoms with Gasteiger partial charge in [-0.3, -0.25) is 9.80 Å². The Hall–Kier alpha value is -3.26. The first kappa shape index (κ1) is 26.8. The van der Waals surface area contributed by atoms with Crippen molar-refractivity contribution in [1.29, 1.82) is 0 Å². The van der Waals surface area contributed by atoms with Crippen molar-refractivity contribution in [3.63, 3.8) is 0 Å². The highest BCUT2D eigenvalue weighted by Gasteiger charge is 2.17. The molecule has 1 heterocycles. The summed E-state index contributed by atoms with van der Waals surface area (Å²) < 4.78 is 16.8. The van der Waals surface area contributed by atoms with E-state index in [4.69, 9.17) is 25.8 Å². The Bertz CT molecular complexity index is 1120. The molecule has 1 aliphatic rings. The number of hydrogen-bond donors (Lipinski definition) is 1. The second-order valence-electron chi connectivity index (χ2n) is 8.99. The van der Waals surface area contributed by atoms with Gasteiger partial charge in [0.2, 0.25) is 0 Å². The molecule has 3 aromatic rings. The Kier molecular flexibility index (Phi) is 10.1. The normalized spacial score (nSPS) is 14.2. The Morgan fingerprint density at radius 1 is 0.865 bits per heavy atom. The standard InChI is InChI=1S/C29H34ClN3O4/c1-35-27-12-9-25(20-31-29(34)37-22-24-5-3-2-4-6-24)19-28(27)36-18-17-32-13-15-33(16-14-32)21-23-7-10-26(30)11-8-23/h2-12,19H,13-18,20-22H2,1H3,(H,31,34). The highest BCUT2D eigenvalue weighted by atomic mass is 35.5. The zero-order chi connectivity index (χ0) is 25.9. The molecule has 1 amide bonds. The van der Waals surface area contributed by atoms with Gasteiger partial charge in [0.25, 0.3) is 0 Å². The maximum atomic E-state index is 12.1. The van der Waals surface area contributed by atoms with E-state index in [0.717, 1.165) is 55.4 Å². The number of methoxy groups -OCH3 is 1. The largest absolute Gasteiger partial charge is 0.493 e. The van der Waals surface area contributed by atoms with Crippen LogP contribution in [0.15, 0.2) is 72.8 Å². The highest BCUT2D eigenvalue weighted by Crippen LogP contribution is 2.28. The molecule has 7 nitrogen and oxygen atoms in total. The minimum Gasteiger partial charge on any atom is -0.493 e. The predicted octanol–water partition coefficient (Wildman–Crippen LogP) is 4.97. The SMILES string of the molecule is COc1ccc(CNC(=O)OCc2ccccc2)cc1OCCN1CCN(Cc2ccc(Cl)cc2)CC1. The lowest BCUT2D eigenvalue weighted by Gasteiger charge is -2.34. The molecule has 1 aliphatic heterocycles. The summed E-state index contributed by atoms with van der Waals surface area (Å²) in [5.41, 5.74) is 3.14. The summed E-state index contributed by atoms with van der Waals surface area (Å²) in [6, 6.07) is 23.3. The Morgan fingerprint density at radius 3 is 2.30 bits per heavy atom. The number of rotatable bonds is 11. The van der Waals surface area contributed by atoms with E-state index in [9.17, 15) is 4.79 Å². The van der Waals surface area contributed by atoms with Gasteiger partial charge in [0, 0.05) is 50.8 Å². The fraction of sp³-hybridized carbons (Fsp3) is 0.345. The molecule has 1 fully saturated rings. The maximum absolute atomic E-state index is 12.1. The molecule has 196 valence electrons. The monoisotopic (exact) mass is 523 g/mol. The second-order valence-corrected chi connectivity index (χ2v) is 9.43. The number of carbonyl (C=O) groups is 1. The Balaban J connectivity index is 1.18. The van der Waals surface area contributed by atoms with Gasteiger partial charge >= 0.3 is 6.09 Å². The summed E-state index contributed by atoms with van der Waals surface area (Å²) in [6.07, 6.45) is -0.461. The van der Waals surface area contributed by atoms with Crippen molar-refractivity contribution in [2.24, 2.45) is 0 Å². The lowest BCUT2D eigenvalue weighted by molar-refractivity contribution is 0.112. The Labute approximate surface area is 223 Å². The van der Waals surface area contributed by atoms with E-state index < -0.39 is 6.09 Å². The van der Waals surface area contributed by atoms with Crippen LogP contribution in [-0.4, -0.2) is 62.3 Å². The van der Waals surface area contributed by atoms with Crippen LogP contribution in [-0.2, 0) is 24.4 Å². The first-order valence-electron chi connectivity index (χ1n) is 12.5. The van der Waals surface area contributed by atoms with Gasteiger partial charge in [-0.2, -0.15) is 0 Å². The fourth-order valence-electron chi connectivity index (χ4n) is 4.20. The molecule has 1 N–H and O–H groups in total. The average Bonchev–Trinajstić information content (AvgIpc) is 2.93. The molecule has 0 atom stereocenters. The summed E-state index contributed by atoms with van der Waals surface area (Å²) in [4.78, 5) is 17.0. The first-order chi connectivity index (χ1) is 18.1. The number of piperazine rings is 1. The number of benzene rings is 3. The van der Waals surface area contributed by atoms with Crippen LogP contribution in [0.5, 0.6) is 11.5 Å². The lowest BCUT2D eigenvalue weighted by atomic mass is 10.2. The van der Waals surface area contributed by atoms with Gasteiger partial charge in [-0.25, -0.2) is 4.79 Å². The van der Waals surface area contributed by atoms with E-state index >= 15 is 0 Å². The average molecular weight is 524 g/mol. The van der Waals surface area contributed by atoms with Crippen LogP contribution < -0.4 is 14.8 Å². The zero-order valence-corrected chi connectivity index (χ0v) is 22.0. The van der Waals surface area contributed by atoms with Crippen LogP contribution in [0.25, 0.3) is 0 Å². The third kappa shape index (κ3) is 8.67. The van der Waals surface area contributed by atoms with Crippen LogP contribution in [0.3, 0.4) is 0 Å². The van der Waals surface area contributed by atoms with E-state index in [1.165, 1.54) is 5.56 Å². The molecule has 0 saturated carbocycles. The van der Waals surface area contributed by atoms with Gasteiger partial charge < -0.3 is 19.5 Å². The maximum Gasteiger partial charge on any atom is 0.407 e. The molecule has 0 bridgehead atoms. The predicted molar refractivity (Wildman–Crippen MR) is 145 cm³/mol. The molecule has 0 unspecified atom stereocenters. The summed E-state index contributed by atoms with van der Waals surface area (Å²) in [5.74, 6) is 1.34. The molecule has 0 aromatic heterocycles. The number of alkyl carbamates (subject to hydrolysis) is 1. The molecule has 1 saturated heterocycles. The van der Waals surface area contributed by atoms with Crippen molar-refractivity contribution in [3.05, 3.63) is 94.5 Å². The third-order valence-corrected chi connectivity index (χ3v) is 6.58. The molecular weight excluding hydrogens is 490 g/mol. The number of ether oxygens (including phenoxy) is 3. The van der Waals surface area contributed by atoms with Crippen molar-refractivity contribution in [2.45, 2.75) is 19.7 Å². The van der Waals surface area contributed by atoms with Crippen molar-refractivity contribution in [1.82, 2.24) is 15.1 Å². The van der Waals surface area contributed by atoms with Gasteiger partial charge in [-0.15, -0.1) is 0 Å². The quantitative estimate of drug-likeness (QED) is 0.383. The van der Waals surface area contributed by atoms with Crippen LogP contribution in [0, 0.1) is 0 Å². The number of nitrogens with one attached hydrogen (secondary N) is 1. The van der Waals surface area contributed by atoms with Crippen LogP contribution in [0.4, 0.5) is 4.79 Å². The van der Waals surface area contributed by atoms with Gasteiger partial charge in [-0.1, -0.05) is 60.1 Å². The topological polar surface area (TPSA) is 63.3 Å². The lowest BCUT2D eigenvalue weighted by Crippen LogP contribution is -2.47. The van der Waals surface area contributed by atoms with Crippen molar-refractivity contribution >= 4 is 17.7 Å². The minimum atomic E-state index is -0.461. The van der Waals surface area contributed by atoms with E-state index in [0.29, 0.717) is 24.7 Å². The van der Waals surface area contributed by atoms with Crippen molar-refractivity contribution in [2.75, 3.05) is 46.4 Å². The van der Waals surface area contributed by atoms with Crippen LogP contribution in [0.1, 0.15) is 16.7 Å². The number of halogens is 1. The molecular formula is C29H34ClN3O4. The molecule has 4 rings (SSSR count). The summed E-state index contributed by atoms with van der Waals surface area (Å²) in [7, 11) is 1.63. The van der Waals surface area contributed by atoms with E-state index in [1.807, 2.05) is 60.7 Å². The van der Waals surface area contributed by atoms with Crippen molar-refractivity contribution in [3.8, 4) is 11.5 Å². The third-order valence-electron chi connectivity index (χ3n) is 6.33. The molecule has 0 spiro atoms. The molecule has 8 heteroatoms. The number of nitrogens with zero attached hydrogens (tertiary/aromatic N) is 2. The van der Waals surface area contributed by atoms with Crippen molar-refractivity contribution < 1.29 is 19.0 Å². The summed E-state index contributed by atoms with van der Waals surface area (Å²) in [5, 5.41) is 3.56. The number of hydrogen-bond acceptors (Lipinski definition) is 6. The fourth-order valence-corrected chi connectivity index (χ4v) is 4.32. The van der Waals surface area contributed by atoms with Crippen LogP contribution >= 0.6 is 11.6 Å². The molecule has 3 aromatic carbocycles.